The molecule has 1 saturated heterocycles. The van der Waals surface area contributed by atoms with E-state index in [9.17, 15) is 9.59 Å². The molecule has 8 heteroatoms. The highest BCUT2D eigenvalue weighted by molar-refractivity contribution is 5.93. The van der Waals surface area contributed by atoms with Gasteiger partial charge < -0.3 is 14.1 Å². The summed E-state index contributed by atoms with van der Waals surface area (Å²) in [5.41, 5.74) is 5.58. The van der Waals surface area contributed by atoms with Crippen molar-refractivity contribution in [1.82, 2.24) is 19.6 Å². The van der Waals surface area contributed by atoms with Gasteiger partial charge in [-0.3, -0.25) is 19.2 Å². The number of carbonyl (C=O) groups excluding carboxylic acids is 1. The Bertz CT molecular complexity index is 1570. The van der Waals surface area contributed by atoms with Gasteiger partial charge in [-0.15, -0.1) is 0 Å². The molecule has 2 aromatic carbocycles. The molecule has 220 valence electrons. The highest BCUT2D eigenvalue weighted by Crippen LogP contribution is 2.24. The summed E-state index contributed by atoms with van der Waals surface area (Å²) in [6.45, 7) is 14.3. The van der Waals surface area contributed by atoms with Gasteiger partial charge in [-0.05, 0) is 31.0 Å². The van der Waals surface area contributed by atoms with Crippen molar-refractivity contribution in [2.45, 2.75) is 59.7 Å². The van der Waals surface area contributed by atoms with Crippen LogP contribution in [0.25, 0.3) is 0 Å². The second-order valence-electron chi connectivity index (χ2n) is 12.2. The molecule has 4 aromatic rings. The lowest BCUT2D eigenvalue weighted by Crippen LogP contribution is -2.48. The SMILES string of the molecule is Cc1cc(C)cc(COc2coc(CN3CCN(C(=O)c4cc(C(C)(C)C)nn4Cc4ccccc4)CC3)cc2=O)c1. The smallest absolute Gasteiger partial charge is 0.272 e. The van der Waals surface area contributed by atoms with Gasteiger partial charge in [0.25, 0.3) is 5.91 Å². The van der Waals surface area contributed by atoms with Crippen LogP contribution in [-0.2, 0) is 25.1 Å². The molecule has 3 heterocycles. The molecular weight excluding hydrogens is 528 g/mol. The molecule has 1 fully saturated rings. The van der Waals surface area contributed by atoms with Crippen molar-refractivity contribution in [1.29, 1.82) is 0 Å². The van der Waals surface area contributed by atoms with Crippen LogP contribution in [0.3, 0.4) is 0 Å². The summed E-state index contributed by atoms with van der Waals surface area (Å²) >= 11 is 0. The van der Waals surface area contributed by atoms with E-state index in [2.05, 4.69) is 31.7 Å². The average molecular weight is 569 g/mol. The third kappa shape index (κ3) is 7.18. The van der Waals surface area contributed by atoms with E-state index >= 15 is 0 Å². The summed E-state index contributed by atoms with van der Waals surface area (Å²) in [5, 5.41) is 4.82. The first-order valence-electron chi connectivity index (χ1n) is 14.5. The van der Waals surface area contributed by atoms with Gasteiger partial charge in [0.2, 0.25) is 11.2 Å². The third-order valence-corrected chi connectivity index (χ3v) is 7.51. The normalized spacial score (nSPS) is 14.3. The highest BCUT2D eigenvalue weighted by atomic mass is 16.5. The highest BCUT2D eigenvalue weighted by Gasteiger charge is 2.28. The minimum Gasteiger partial charge on any atom is -0.482 e. The third-order valence-electron chi connectivity index (χ3n) is 7.51. The molecular formula is C34H40N4O4. The fourth-order valence-electron chi connectivity index (χ4n) is 5.26. The molecule has 1 amide bonds. The maximum Gasteiger partial charge on any atom is 0.272 e. The standard InChI is InChI=1S/C34H40N4O4/c1-24-15-25(2)17-27(16-24)22-42-31-23-41-28(18-30(31)39)21-36-11-13-37(14-12-36)33(40)29-19-32(34(3,4)5)35-38(29)20-26-9-7-6-8-10-26/h6-10,15-19,23H,11-14,20-22H2,1-5H3. The summed E-state index contributed by atoms with van der Waals surface area (Å²) in [6, 6.07) is 19.7. The predicted molar refractivity (Wildman–Crippen MR) is 163 cm³/mol. The Morgan fingerprint density at radius 1 is 0.905 bits per heavy atom. The molecule has 0 saturated carbocycles. The Morgan fingerprint density at radius 2 is 1.60 bits per heavy atom. The van der Waals surface area contributed by atoms with Gasteiger partial charge in [0.1, 0.15) is 24.3 Å². The fourth-order valence-corrected chi connectivity index (χ4v) is 5.26. The van der Waals surface area contributed by atoms with Gasteiger partial charge >= 0.3 is 0 Å². The van der Waals surface area contributed by atoms with E-state index in [1.807, 2.05) is 72.0 Å². The second-order valence-corrected chi connectivity index (χ2v) is 12.2. The van der Waals surface area contributed by atoms with Crippen molar-refractivity contribution >= 4 is 5.91 Å². The van der Waals surface area contributed by atoms with Crippen LogP contribution in [-0.4, -0.2) is 51.7 Å². The Hall–Kier alpha value is -4.17. The Kier molecular flexibility index (Phi) is 8.64. The molecule has 2 aromatic heterocycles. The van der Waals surface area contributed by atoms with E-state index in [1.165, 1.54) is 12.3 Å². The fraction of sp³-hybridized carbons (Fsp3) is 0.382. The first kappa shape index (κ1) is 29.3. The quantitative estimate of drug-likeness (QED) is 0.286. The maximum atomic E-state index is 13.7. The molecule has 0 spiro atoms. The number of benzene rings is 2. The molecule has 8 nitrogen and oxygen atoms in total. The minimum atomic E-state index is -0.198. The Balaban J connectivity index is 1.19. The first-order valence-corrected chi connectivity index (χ1v) is 14.5. The molecule has 0 N–H and O–H groups in total. The van der Waals surface area contributed by atoms with E-state index in [0.29, 0.717) is 57.3 Å². The number of ether oxygens (including phenoxy) is 1. The number of carbonyl (C=O) groups is 1. The van der Waals surface area contributed by atoms with Crippen LogP contribution in [0.4, 0.5) is 0 Å². The number of hydrogen-bond donors (Lipinski definition) is 0. The van der Waals surface area contributed by atoms with Crippen molar-refractivity contribution in [2.75, 3.05) is 26.2 Å². The maximum absolute atomic E-state index is 13.7. The summed E-state index contributed by atoms with van der Waals surface area (Å²) in [6.07, 6.45) is 1.40. The van der Waals surface area contributed by atoms with Crippen LogP contribution in [0.1, 0.15) is 65.0 Å². The lowest BCUT2D eigenvalue weighted by atomic mass is 9.92. The van der Waals surface area contributed by atoms with Gasteiger partial charge in [0.15, 0.2) is 0 Å². The zero-order valence-electron chi connectivity index (χ0n) is 25.2. The number of rotatable bonds is 8. The molecule has 1 aliphatic heterocycles. The summed E-state index contributed by atoms with van der Waals surface area (Å²) in [4.78, 5) is 30.5. The number of piperazine rings is 1. The van der Waals surface area contributed by atoms with Gasteiger partial charge in [-0.1, -0.05) is 80.4 Å². The van der Waals surface area contributed by atoms with E-state index < -0.39 is 0 Å². The van der Waals surface area contributed by atoms with Gasteiger partial charge in [-0.25, -0.2) is 0 Å². The van der Waals surface area contributed by atoms with Crippen molar-refractivity contribution in [3.8, 4) is 5.75 Å². The van der Waals surface area contributed by atoms with Gasteiger partial charge in [0.05, 0.1) is 18.8 Å². The van der Waals surface area contributed by atoms with Crippen LogP contribution < -0.4 is 10.2 Å². The van der Waals surface area contributed by atoms with Gasteiger partial charge in [-0.2, -0.15) is 5.10 Å². The Labute approximate surface area is 247 Å². The molecule has 0 aliphatic carbocycles. The molecule has 42 heavy (non-hydrogen) atoms. The average Bonchev–Trinajstić information content (AvgIpc) is 3.37. The minimum absolute atomic E-state index is 0.00887. The lowest BCUT2D eigenvalue weighted by molar-refractivity contribution is 0.0607. The zero-order chi connectivity index (χ0) is 29.9. The summed E-state index contributed by atoms with van der Waals surface area (Å²) < 4.78 is 13.4. The van der Waals surface area contributed by atoms with Crippen LogP contribution >= 0.6 is 0 Å². The van der Waals surface area contributed by atoms with Crippen molar-refractivity contribution in [3.63, 3.8) is 0 Å². The molecule has 0 unspecified atom stereocenters. The predicted octanol–water partition coefficient (Wildman–Crippen LogP) is 5.34. The van der Waals surface area contributed by atoms with Crippen molar-refractivity contribution in [2.24, 2.45) is 0 Å². The van der Waals surface area contributed by atoms with E-state index in [0.717, 1.165) is 27.9 Å². The van der Waals surface area contributed by atoms with Crippen molar-refractivity contribution < 1.29 is 13.9 Å². The van der Waals surface area contributed by atoms with E-state index in [-0.39, 0.29) is 22.5 Å². The van der Waals surface area contributed by atoms with E-state index in [1.54, 1.807) is 0 Å². The topological polar surface area (TPSA) is 80.8 Å². The number of aromatic nitrogens is 2. The largest absolute Gasteiger partial charge is 0.482 e. The number of aryl methyl sites for hydroxylation is 2. The second kappa shape index (κ2) is 12.4. The lowest BCUT2D eigenvalue weighted by Gasteiger charge is -2.34. The zero-order valence-corrected chi connectivity index (χ0v) is 25.2. The monoisotopic (exact) mass is 568 g/mol. The number of hydrogen-bond acceptors (Lipinski definition) is 6. The molecule has 0 bridgehead atoms. The molecule has 0 atom stereocenters. The van der Waals surface area contributed by atoms with Crippen LogP contribution in [0.5, 0.6) is 5.75 Å². The number of amides is 1. The molecule has 1 aliphatic rings. The Morgan fingerprint density at radius 3 is 2.24 bits per heavy atom. The summed E-state index contributed by atoms with van der Waals surface area (Å²) in [7, 11) is 0. The van der Waals surface area contributed by atoms with Crippen LogP contribution in [0.2, 0.25) is 0 Å². The first-order chi connectivity index (χ1) is 20.0. The molecule has 5 rings (SSSR count). The van der Waals surface area contributed by atoms with Gasteiger partial charge in [0, 0.05) is 37.7 Å². The van der Waals surface area contributed by atoms with Crippen molar-refractivity contribution in [3.05, 3.63) is 117 Å². The number of nitrogens with zero attached hydrogens (tertiary/aromatic N) is 4. The molecule has 0 radical (unpaired) electrons. The van der Waals surface area contributed by atoms with Crippen LogP contribution in [0.15, 0.2) is 76.1 Å². The summed E-state index contributed by atoms with van der Waals surface area (Å²) in [5.74, 6) is 0.773. The van der Waals surface area contributed by atoms with E-state index in [4.69, 9.17) is 14.3 Å². The van der Waals surface area contributed by atoms with Crippen LogP contribution in [0, 0.1) is 13.8 Å².